The van der Waals surface area contributed by atoms with Gasteiger partial charge in [-0.1, -0.05) is 6.07 Å². The van der Waals surface area contributed by atoms with Crippen LogP contribution in [0.5, 0.6) is 0 Å². The summed E-state index contributed by atoms with van der Waals surface area (Å²) >= 11 is 0. The second-order valence-corrected chi connectivity index (χ2v) is 8.70. The summed E-state index contributed by atoms with van der Waals surface area (Å²) in [7, 11) is -1.94. The molecule has 0 N–H and O–H groups in total. The third-order valence-corrected chi connectivity index (χ3v) is 6.78. The Kier molecular flexibility index (Phi) is 5.76. The number of sulfonamides is 1. The van der Waals surface area contributed by atoms with Gasteiger partial charge >= 0.3 is 0 Å². The van der Waals surface area contributed by atoms with E-state index in [1.54, 1.807) is 30.2 Å². The molecule has 0 radical (unpaired) electrons. The molecule has 2 aromatic rings. The van der Waals surface area contributed by atoms with Crippen LogP contribution < -0.4 is 0 Å². The summed E-state index contributed by atoms with van der Waals surface area (Å²) in [6.07, 6.45) is 3.47. The van der Waals surface area contributed by atoms with Crippen molar-refractivity contribution in [2.75, 3.05) is 39.9 Å². The lowest BCUT2D eigenvalue weighted by atomic mass is 10.2. The fourth-order valence-corrected chi connectivity index (χ4v) is 4.69. The largest absolute Gasteiger partial charge is 0.379 e. The third-order valence-electron chi connectivity index (χ3n) is 4.82. The molecule has 0 amide bonds. The molecule has 1 saturated heterocycles. The SMILES string of the molecule is Cc1ccc(-n2cccn2)cc1S(=O)(=O)N(C)CC(C)N1CCOCC1. The van der Waals surface area contributed by atoms with Crippen molar-refractivity contribution in [1.82, 2.24) is 19.0 Å². The van der Waals surface area contributed by atoms with Crippen LogP contribution >= 0.6 is 0 Å². The van der Waals surface area contributed by atoms with Gasteiger partial charge in [0.2, 0.25) is 10.0 Å². The molecule has 142 valence electrons. The van der Waals surface area contributed by atoms with Crippen LogP contribution in [-0.2, 0) is 14.8 Å². The van der Waals surface area contributed by atoms with E-state index in [1.807, 2.05) is 25.1 Å². The Morgan fingerprint density at radius 1 is 1.31 bits per heavy atom. The fraction of sp³-hybridized carbons (Fsp3) is 0.500. The maximum absolute atomic E-state index is 13.1. The van der Waals surface area contributed by atoms with E-state index < -0.39 is 10.0 Å². The number of hydrogen-bond acceptors (Lipinski definition) is 5. The highest BCUT2D eigenvalue weighted by Gasteiger charge is 2.27. The van der Waals surface area contributed by atoms with E-state index in [4.69, 9.17) is 4.74 Å². The molecule has 0 spiro atoms. The van der Waals surface area contributed by atoms with Crippen LogP contribution in [0.25, 0.3) is 5.69 Å². The number of nitrogens with zero attached hydrogens (tertiary/aromatic N) is 4. The van der Waals surface area contributed by atoms with Gasteiger partial charge in [0.05, 0.1) is 23.8 Å². The number of aromatic nitrogens is 2. The summed E-state index contributed by atoms with van der Waals surface area (Å²) in [6.45, 7) is 7.39. The van der Waals surface area contributed by atoms with Gasteiger partial charge in [-0.25, -0.2) is 13.1 Å². The monoisotopic (exact) mass is 378 g/mol. The molecule has 0 saturated carbocycles. The van der Waals surface area contributed by atoms with Gasteiger partial charge in [0.15, 0.2) is 0 Å². The van der Waals surface area contributed by atoms with E-state index in [0.29, 0.717) is 24.7 Å². The Hall–Kier alpha value is -1.74. The van der Waals surface area contributed by atoms with Crippen molar-refractivity contribution in [3.63, 3.8) is 0 Å². The molecule has 0 aliphatic carbocycles. The second kappa shape index (κ2) is 7.87. The average molecular weight is 378 g/mol. The van der Waals surface area contributed by atoms with E-state index in [0.717, 1.165) is 24.3 Å². The molecule has 1 aliphatic rings. The molecule has 1 unspecified atom stereocenters. The highest BCUT2D eigenvalue weighted by atomic mass is 32.2. The van der Waals surface area contributed by atoms with Gasteiger partial charge in [-0.15, -0.1) is 0 Å². The molecule has 1 fully saturated rings. The van der Waals surface area contributed by atoms with Crippen LogP contribution in [0.15, 0.2) is 41.6 Å². The Morgan fingerprint density at radius 2 is 2.04 bits per heavy atom. The molecule has 8 heteroatoms. The quantitative estimate of drug-likeness (QED) is 0.762. The van der Waals surface area contributed by atoms with Crippen molar-refractivity contribution in [2.45, 2.75) is 24.8 Å². The van der Waals surface area contributed by atoms with E-state index in [1.165, 1.54) is 4.31 Å². The van der Waals surface area contributed by atoms with E-state index >= 15 is 0 Å². The number of likely N-dealkylation sites (N-methyl/N-ethyl adjacent to an activating group) is 1. The average Bonchev–Trinajstić information content (AvgIpc) is 3.17. The zero-order valence-electron chi connectivity index (χ0n) is 15.5. The van der Waals surface area contributed by atoms with Gasteiger partial charge in [-0.2, -0.15) is 9.40 Å². The van der Waals surface area contributed by atoms with Crippen LogP contribution in [0.2, 0.25) is 0 Å². The molecule has 1 aromatic carbocycles. The van der Waals surface area contributed by atoms with Crippen LogP contribution in [0.4, 0.5) is 0 Å². The standard InChI is InChI=1S/C18H26N4O3S/c1-15-5-6-17(22-8-4-7-19-22)13-18(15)26(23,24)20(3)14-16(2)21-9-11-25-12-10-21/h4-8,13,16H,9-12,14H2,1-3H3. The highest BCUT2D eigenvalue weighted by molar-refractivity contribution is 7.89. The van der Waals surface area contributed by atoms with Gasteiger partial charge in [0, 0.05) is 45.1 Å². The Morgan fingerprint density at radius 3 is 2.69 bits per heavy atom. The van der Waals surface area contributed by atoms with Gasteiger partial charge in [0.1, 0.15) is 0 Å². The van der Waals surface area contributed by atoms with Crippen LogP contribution in [0.1, 0.15) is 12.5 Å². The lowest BCUT2D eigenvalue weighted by Gasteiger charge is -2.34. The van der Waals surface area contributed by atoms with Gasteiger partial charge in [-0.05, 0) is 37.6 Å². The topological polar surface area (TPSA) is 67.7 Å². The molecular weight excluding hydrogens is 352 g/mol. The minimum absolute atomic E-state index is 0.133. The first-order valence-corrected chi connectivity index (χ1v) is 10.2. The van der Waals surface area contributed by atoms with E-state index in [-0.39, 0.29) is 6.04 Å². The summed E-state index contributed by atoms with van der Waals surface area (Å²) in [5.74, 6) is 0. The van der Waals surface area contributed by atoms with Crippen molar-refractivity contribution >= 4 is 10.0 Å². The number of rotatable bonds is 6. The Labute approximate surface area is 155 Å². The second-order valence-electron chi connectivity index (χ2n) is 6.68. The van der Waals surface area contributed by atoms with Crippen molar-refractivity contribution in [2.24, 2.45) is 0 Å². The summed E-state index contributed by atoms with van der Waals surface area (Å²) in [6, 6.07) is 7.33. The molecule has 7 nitrogen and oxygen atoms in total. The minimum Gasteiger partial charge on any atom is -0.379 e. The minimum atomic E-state index is -3.58. The Balaban J connectivity index is 1.81. The first kappa shape index (κ1) is 19.0. The lowest BCUT2D eigenvalue weighted by molar-refractivity contribution is 0.0177. The Bertz CT molecular complexity index is 830. The molecule has 1 aromatic heterocycles. The number of aryl methyl sites for hydroxylation is 1. The van der Waals surface area contributed by atoms with Crippen molar-refractivity contribution < 1.29 is 13.2 Å². The lowest BCUT2D eigenvalue weighted by Crippen LogP contribution is -2.47. The van der Waals surface area contributed by atoms with E-state index in [9.17, 15) is 8.42 Å². The molecule has 1 atom stereocenters. The summed E-state index contributed by atoms with van der Waals surface area (Å²) in [4.78, 5) is 2.59. The van der Waals surface area contributed by atoms with Crippen molar-refractivity contribution in [3.8, 4) is 5.69 Å². The first-order valence-electron chi connectivity index (χ1n) is 8.78. The van der Waals surface area contributed by atoms with Gasteiger partial charge in [0.25, 0.3) is 0 Å². The van der Waals surface area contributed by atoms with Crippen molar-refractivity contribution in [3.05, 3.63) is 42.2 Å². The molecule has 1 aliphatic heterocycles. The summed E-state index contributed by atoms with van der Waals surface area (Å²) in [5, 5.41) is 4.18. The number of morpholine rings is 1. The zero-order valence-corrected chi connectivity index (χ0v) is 16.3. The number of hydrogen-bond donors (Lipinski definition) is 0. The van der Waals surface area contributed by atoms with E-state index in [2.05, 4.69) is 16.9 Å². The maximum atomic E-state index is 13.1. The predicted molar refractivity (Wildman–Crippen MR) is 100.0 cm³/mol. The molecule has 3 rings (SSSR count). The predicted octanol–water partition coefficient (Wildman–Crippen LogP) is 1.52. The molecular formula is C18H26N4O3S. The normalized spacial score (nSPS) is 17.5. The van der Waals surface area contributed by atoms with Crippen LogP contribution in [0, 0.1) is 6.92 Å². The zero-order chi connectivity index (χ0) is 18.7. The number of benzene rings is 1. The van der Waals surface area contributed by atoms with Gasteiger partial charge < -0.3 is 4.74 Å². The molecule has 0 bridgehead atoms. The molecule has 2 heterocycles. The highest BCUT2D eigenvalue weighted by Crippen LogP contribution is 2.23. The third kappa shape index (κ3) is 3.98. The first-order chi connectivity index (χ1) is 12.4. The summed E-state index contributed by atoms with van der Waals surface area (Å²) < 4.78 is 34.8. The number of ether oxygens (including phenoxy) is 1. The fourth-order valence-electron chi connectivity index (χ4n) is 3.20. The maximum Gasteiger partial charge on any atom is 0.243 e. The van der Waals surface area contributed by atoms with Gasteiger partial charge in [-0.3, -0.25) is 4.90 Å². The van der Waals surface area contributed by atoms with Crippen LogP contribution in [0.3, 0.4) is 0 Å². The summed E-state index contributed by atoms with van der Waals surface area (Å²) in [5.41, 5.74) is 1.46. The van der Waals surface area contributed by atoms with Crippen LogP contribution in [-0.4, -0.2) is 73.3 Å². The van der Waals surface area contributed by atoms with Crippen molar-refractivity contribution in [1.29, 1.82) is 0 Å². The molecule has 26 heavy (non-hydrogen) atoms. The smallest absolute Gasteiger partial charge is 0.243 e.